The summed E-state index contributed by atoms with van der Waals surface area (Å²) >= 11 is 0. The molecule has 1 atom stereocenters. The molecule has 0 aromatic rings. The Balaban J connectivity index is 0. The number of rotatable bonds is 7. The van der Waals surface area contributed by atoms with E-state index in [2.05, 4.69) is 24.0 Å². The minimum Gasteiger partial charge on any atom is -0.450 e. The van der Waals surface area contributed by atoms with Gasteiger partial charge in [0, 0.05) is 29.2 Å². The van der Waals surface area contributed by atoms with Crippen molar-refractivity contribution >= 4 is 6.16 Å². The van der Waals surface area contributed by atoms with E-state index in [0.717, 1.165) is 19.3 Å². The second-order valence-electron chi connectivity index (χ2n) is 3.14. The largest absolute Gasteiger partial charge is 0.506 e. The third kappa shape index (κ3) is 11.7. The van der Waals surface area contributed by atoms with Gasteiger partial charge in [0.05, 0.1) is 0 Å². The summed E-state index contributed by atoms with van der Waals surface area (Å²) in [6.07, 6.45) is 5.08. The van der Waals surface area contributed by atoms with Crippen LogP contribution in [0, 0.1) is 29.2 Å². The summed E-state index contributed by atoms with van der Waals surface area (Å²) in [4.78, 5) is 10.3. The van der Waals surface area contributed by atoms with E-state index in [1.54, 1.807) is 6.08 Å². The minimum absolute atomic E-state index is 0. The van der Waals surface area contributed by atoms with Gasteiger partial charge >= 0.3 is 6.16 Å². The van der Waals surface area contributed by atoms with E-state index < -0.39 is 6.16 Å². The van der Waals surface area contributed by atoms with E-state index >= 15 is 0 Å². The first-order valence-corrected chi connectivity index (χ1v) is 4.96. The van der Waals surface area contributed by atoms with Crippen LogP contribution >= 0.6 is 0 Å². The standard InChI is InChI=1S/C11H18O3.Pu/c1-3-5-6-7-9-10(8-4-2)14-11(12)13;/h8,10H,2-3,5-7,9H2,1H3,(H,12,13);. The van der Waals surface area contributed by atoms with Gasteiger partial charge in [0.1, 0.15) is 6.10 Å². The maximum Gasteiger partial charge on any atom is 0.506 e. The molecule has 3 nitrogen and oxygen atoms in total. The van der Waals surface area contributed by atoms with Gasteiger partial charge in [-0.3, -0.25) is 0 Å². The average Bonchev–Trinajstić information content (AvgIpc) is 2.12. The predicted molar refractivity (Wildman–Crippen MR) is 55.4 cm³/mol. The molecule has 0 bridgehead atoms. The van der Waals surface area contributed by atoms with Gasteiger partial charge in [0.25, 0.3) is 0 Å². The average molecular weight is 442 g/mol. The van der Waals surface area contributed by atoms with Gasteiger partial charge in [-0.2, -0.15) is 0 Å². The molecule has 4 heteroatoms. The van der Waals surface area contributed by atoms with Gasteiger partial charge in [-0.15, -0.1) is 5.73 Å². The molecule has 0 aromatic carbocycles. The molecule has 0 saturated heterocycles. The Labute approximate surface area is 113 Å². The molecular weight excluding hydrogens is 424 g/mol. The number of ether oxygens (including phenoxy) is 1. The number of unbranched alkanes of at least 4 members (excludes halogenated alkanes) is 3. The van der Waals surface area contributed by atoms with Crippen LogP contribution in [-0.4, -0.2) is 17.4 Å². The Hall–Kier alpha value is -0.223. The number of carboxylic acid groups (broad SMARTS) is 1. The van der Waals surface area contributed by atoms with Crippen LogP contribution in [0.1, 0.15) is 39.0 Å². The Bertz CT molecular complexity index is 210. The second-order valence-corrected chi connectivity index (χ2v) is 3.14. The van der Waals surface area contributed by atoms with E-state index in [-0.39, 0.29) is 35.3 Å². The summed E-state index contributed by atoms with van der Waals surface area (Å²) in [5, 5.41) is 8.42. The molecule has 86 valence electrons. The molecule has 0 aliphatic carbocycles. The fourth-order valence-corrected chi connectivity index (χ4v) is 1.21. The van der Waals surface area contributed by atoms with E-state index in [1.165, 1.54) is 12.8 Å². The van der Waals surface area contributed by atoms with Crippen LogP contribution in [0.15, 0.2) is 18.4 Å². The quantitative estimate of drug-likeness (QED) is 0.374. The first-order valence-electron chi connectivity index (χ1n) is 4.96. The smallest absolute Gasteiger partial charge is 0.450 e. The summed E-state index contributed by atoms with van der Waals surface area (Å²) in [6, 6.07) is 0. The van der Waals surface area contributed by atoms with Crippen LogP contribution in [0.25, 0.3) is 0 Å². The molecule has 0 radical (unpaired) electrons. The zero-order valence-corrected chi connectivity index (χ0v) is 12.5. The summed E-state index contributed by atoms with van der Waals surface area (Å²) in [6.45, 7) is 5.53. The van der Waals surface area contributed by atoms with E-state index in [0.29, 0.717) is 0 Å². The molecule has 0 spiro atoms. The van der Waals surface area contributed by atoms with Gasteiger partial charge in [-0.25, -0.2) is 4.79 Å². The van der Waals surface area contributed by atoms with Gasteiger partial charge in [0.15, 0.2) is 0 Å². The van der Waals surface area contributed by atoms with Gasteiger partial charge < -0.3 is 9.84 Å². The van der Waals surface area contributed by atoms with Gasteiger partial charge in [-0.1, -0.05) is 32.8 Å². The van der Waals surface area contributed by atoms with Crippen molar-refractivity contribution in [3.63, 3.8) is 0 Å². The molecule has 15 heavy (non-hydrogen) atoms. The molecular formula is C11H18O3Pu. The van der Waals surface area contributed by atoms with Crippen LogP contribution in [0.4, 0.5) is 4.79 Å². The Morgan fingerprint density at radius 2 is 2.20 bits per heavy atom. The number of carbonyl (C=O) groups is 1. The van der Waals surface area contributed by atoms with E-state index in [9.17, 15) is 4.79 Å². The minimum atomic E-state index is -1.24. The van der Waals surface area contributed by atoms with Crippen molar-refractivity contribution in [1.82, 2.24) is 0 Å². The van der Waals surface area contributed by atoms with Crippen molar-refractivity contribution < 1.29 is 43.8 Å². The molecule has 0 amide bonds. The van der Waals surface area contributed by atoms with Crippen molar-refractivity contribution in [2.45, 2.75) is 45.1 Å². The number of hydrogen-bond acceptors (Lipinski definition) is 2. The molecule has 0 aliphatic rings. The molecule has 1 unspecified atom stereocenters. The molecule has 0 saturated carbocycles. The summed E-state index contributed by atoms with van der Waals surface area (Å²) in [5.74, 6) is 0. The molecule has 1 N–H and O–H groups in total. The number of hydrogen-bond donors (Lipinski definition) is 1. The Morgan fingerprint density at radius 3 is 2.67 bits per heavy atom. The first-order chi connectivity index (χ1) is 6.70. The maximum atomic E-state index is 10.3. The summed E-state index contributed by atoms with van der Waals surface area (Å²) in [5.41, 5.74) is 2.55. The Kier molecular flexibility index (Phi) is 13.6. The topological polar surface area (TPSA) is 46.5 Å². The summed E-state index contributed by atoms with van der Waals surface area (Å²) < 4.78 is 4.63. The van der Waals surface area contributed by atoms with Crippen LogP contribution in [0.3, 0.4) is 0 Å². The third-order valence-corrected chi connectivity index (χ3v) is 1.90. The predicted octanol–water partition coefficient (Wildman–Crippen LogP) is 3.36. The van der Waals surface area contributed by atoms with E-state index in [4.69, 9.17) is 5.11 Å². The maximum absolute atomic E-state index is 10.3. The van der Waals surface area contributed by atoms with Crippen LogP contribution < -0.4 is 0 Å². The van der Waals surface area contributed by atoms with Crippen molar-refractivity contribution in [2.75, 3.05) is 0 Å². The molecule has 0 aromatic heterocycles. The fourth-order valence-electron chi connectivity index (χ4n) is 1.21. The SMILES string of the molecule is C=C=CC(CCCCCC)OC(=O)O.[Pu]. The fraction of sp³-hybridized carbons (Fsp3) is 0.636. The van der Waals surface area contributed by atoms with Gasteiger partial charge in [-0.05, 0) is 18.9 Å². The Morgan fingerprint density at radius 1 is 1.53 bits per heavy atom. The molecule has 0 fully saturated rings. The van der Waals surface area contributed by atoms with Crippen LogP contribution in [0.5, 0.6) is 0 Å². The molecule has 0 rings (SSSR count). The van der Waals surface area contributed by atoms with Crippen molar-refractivity contribution in [2.24, 2.45) is 0 Å². The molecule has 0 aliphatic heterocycles. The summed E-state index contributed by atoms with van der Waals surface area (Å²) in [7, 11) is 0. The van der Waals surface area contributed by atoms with Crippen molar-refractivity contribution in [3.05, 3.63) is 18.4 Å². The zero-order valence-electron chi connectivity index (χ0n) is 9.07. The van der Waals surface area contributed by atoms with E-state index in [1.807, 2.05) is 0 Å². The van der Waals surface area contributed by atoms with Crippen LogP contribution in [-0.2, 0) is 4.74 Å². The van der Waals surface area contributed by atoms with Crippen molar-refractivity contribution in [1.29, 1.82) is 0 Å². The second kappa shape index (κ2) is 11.8. The first kappa shape index (κ1) is 17.2. The van der Waals surface area contributed by atoms with Crippen molar-refractivity contribution in [3.8, 4) is 0 Å². The normalized spacial score (nSPS) is 10.7. The van der Waals surface area contributed by atoms with Crippen LogP contribution in [0.2, 0.25) is 0 Å². The molecule has 0 heterocycles. The third-order valence-electron chi connectivity index (χ3n) is 1.90. The monoisotopic (exact) mass is 436 g/mol. The van der Waals surface area contributed by atoms with Gasteiger partial charge in [0.2, 0.25) is 0 Å². The zero-order chi connectivity index (χ0) is 10.8.